The SMILES string of the molecule is NC(=S)NNc1nc2c(ccc3ccccc32)s1. The molecule has 0 saturated heterocycles. The first kappa shape index (κ1) is 11.2. The first-order valence-corrected chi connectivity index (χ1v) is 6.56. The van der Waals surface area contributed by atoms with Gasteiger partial charge in [-0.15, -0.1) is 0 Å². The van der Waals surface area contributed by atoms with Crippen LogP contribution in [-0.4, -0.2) is 10.1 Å². The van der Waals surface area contributed by atoms with Crippen molar-refractivity contribution in [1.29, 1.82) is 0 Å². The predicted octanol–water partition coefficient (Wildman–Crippen LogP) is 2.61. The molecule has 2 aromatic carbocycles. The van der Waals surface area contributed by atoms with E-state index in [4.69, 9.17) is 18.0 Å². The Hall–Kier alpha value is -1.92. The first-order valence-electron chi connectivity index (χ1n) is 5.34. The van der Waals surface area contributed by atoms with Gasteiger partial charge in [-0.05, 0) is 23.7 Å². The van der Waals surface area contributed by atoms with E-state index < -0.39 is 0 Å². The maximum Gasteiger partial charge on any atom is 0.202 e. The number of nitrogens with two attached hydrogens (primary N) is 1. The van der Waals surface area contributed by atoms with E-state index in [1.807, 2.05) is 12.1 Å². The number of nitrogens with one attached hydrogen (secondary N) is 2. The lowest BCUT2D eigenvalue weighted by Crippen LogP contribution is -2.33. The van der Waals surface area contributed by atoms with Gasteiger partial charge in [0.05, 0.1) is 10.2 Å². The molecule has 0 spiro atoms. The summed E-state index contributed by atoms with van der Waals surface area (Å²) in [5.41, 5.74) is 11.9. The molecule has 0 fully saturated rings. The average molecular weight is 274 g/mol. The Bertz CT molecular complexity index is 735. The molecule has 0 aliphatic heterocycles. The summed E-state index contributed by atoms with van der Waals surface area (Å²) in [5.74, 6) is 0. The Morgan fingerprint density at radius 1 is 1.22 bits per heavy atom. The second-order valence-electron chi connectivity index (χ2n) is 3.77. The fourth-order valence-corrected chi connectivity index (χ4v) is 2.72. The Morgan fingerprint density at radius 2 is 2.06 bits per heavy atom. The van der Waals surface area contributed by atoms with Crippen LogP contribution in [0, 0.1) is 0 Å². The summed E-state index contributed by atoms with van der Waals surface area (Å²) < 4.78 is 1.13. The molecule has 4 nitrogen and oxygen atoms in total. The minimum atomic E-state index is 0.194. The fourth-order valence-electron chi connectivity index (χ4n) is 1.83. The van der Waals surface area contributed by atoms with E-state index in [9.17, 15) is 0 Å². The van der Waals surface area contributed by atoms with Crippen molar-refractivity contribution in [2.45, 2.75) is 0 Å². The van der Waals surface area contributed by atoms with E-state index in [1.165, 1.54) is 5.39 Å². The van der Waals surface area contributed by atoms with Crippen LogP contribution in [0.25, 0.3) is 21.0 Å². The van der Waals surface area contributed by atoms with Gasteiger partial charge in [0.15, 0.2) is 5.11 Å². The van der Waals surface area contributed by atoms with E-state index in [0.717, 1.165) is 20.7 Å². The van der Waals surface area contributed by atoms with Crippen molar-refractivity contribution in [3.05, 3.63) is 36.4 Å². The summed E-state index contributed by atoms with van der Waals surface area (Å²) in [7, 11) is 0. The monoisotopic (exact) mass is 274 g/mol. The van der Waals surface area contributed by atoms with Crippen molar-refractivity contribution in [3.8, 4) is 0 Å². The Balaban J connectivity index is 2.11. The van der Waals surface area contributed by atoms with Gasteiger partial charge in [-0.2, -0.15) is 0 Å². The molecule has 3 aromatic rings. The van der Waals surface area contributed by atoms with Gasteiger partial charge in [0.1, 0.15) is 0 Å². The topological polar surface area (TPSA) is 63.0 Å². The van der Waals surface area contributed by atoms with Crippen LogP contribution >= 0.6 is 23.6 Å². The van der Waals surface area contributed by atoms with Crippen LogP contribution in [0.2, 0.25) is 0 Å². The smallest absolute Gasteiger partial charge is 0.202 e. The summed E-state index contributed by atoms with van der Waals surface area (Å²) in [6.45, 7) is 0. The van der Waals surface area contributed by atoms with Gasteiger partial charge in [0.2, 0.25) is 5.13 Å². The van der Waals surface area contributed by atoms with Gasteiger partial charge in [-0.3, -0.25) is 10.9 Å². The summed E-state index contributed by atoms with van der Waals surface area (Å²) in [5, 5.41) is 3.27. The third-order valence-electron chi connectivity index (χ3n) is 2.58. The van der Waals surface area contributed by atoms with Crippen LogP contribution in [-0.2, 0) is 0 Å². The van der Waals surface area contributed by atoms with Crippen LogP contribution in [0.3, 0.4) is 0 Å². The molecule has 3 rings (SSSR count). The molecule has 0 amide bonds. The van der Waals surface area contributed by atoms with E-state index in [2.05, 4.69) is 40.1 Å². The minimum absolute atomic E-state index is 0.194. The Morgan fingerprint density at radius 3 is 2.89 bits per heavy atom. The van der Waals surface area contributed by atoms with E-state index in [1.54, 1.807) is 11.3 Å². The number of hydrogen-bond acceptors (Lipinski definition) is 4. The zero-order valence-electron chi connectivity index (χ0n) is 9.31. The number of fused-ring (bicyclic) bond motifs is 3. The van der Waals surface area contributed by atoms with Gasteiger partial charge in [0.25, 0.3) is 0 Å². The molecule has 0 saturated carbocycles. The lowest BCUT2D eigenvalue weighted by molar-refractivity contribution is 1.12. The number of hydrogen-bond donors (Lipinski definition) is 3. The highest BCUT2D eigenvalue weighted by Gasteiger charge is 2.06. The lowest BCUT2D eigenvalue weighted by Gasteiger charge is -2.01. The van der Waals surface area contributed by atoms with Gasteiger partial charge in [-0.25, -0.2) is 4.98 Å². The number of nitrogens with zero attached hydrogens (tertiary/aromatic N) is 1. The Labute approximate surface area is 113 Å². The minimum Gasteiger partial charge on any atom is -0.375 e. The second kappa shape index (κ2) is 4.40. The van der Waals surface area contributed by atoms with Crippen LogP contribution in [0.1, 0.15) is 0 Å². The zero-order valence-corrected chi connectivity index (χ0v) is 10.9. The van der Waals surface area contributed by atoms with Crippen LogP contribution in [0.15, 0.2) is 36.4 Å². The number of aromatic nitrogens is 1. The standard InChI is InChI=1S/C12H10N4S2/c13-11(17)15-16-12-14-10-8-4-2-1-3-7(8)5-6-9(10)18-12/h1-6H,(H,14,16)(H3,13,15,17). The van der Waals surface area contributed by atoms with Crippen molar-refractivity contribution >= 4 is 54.8 Å². The van der Waals surface area contributed by atoms with Crippen molar-refractivity contribution in [3.63, 3.8) is 0 Å². The molecule has 6 heteroatoms. The fraction of sp³-hybridized carbons (Fsp3) is 0. The highest BCUT2D eigenvalue weighted by Crippen LogP contribution is 2.31. The summed E-state index contributed by atoms with van der Waals surface area (Å²) in [6.07, 6.45) is 0. The predicted molar refractivity (Wildman–Crippen MR) is 80.7 cm³/mol. The third kappa shape index (κ3) is 1.96. The number of hydrazine groups is 1. The van der Waals surface area contributed by atoms with Crippen molar-refractivity contribution in [2.24, 2.45) is 5.73 Å². The highest BCUT2D eigenvalue weighted by atomic mass is 32.1. The Kier molecular flexibility index (Phi) is 2.73. The van der Waals surface area contributed by atoms with Crippen molar-refractivity contribution < 1.29 is 0 Å². The largest absolute Gasteiger partial charge is 0.375 e. The molecule has 0 unspecified atom stereocenters. The maximum atomic E-state index is 5.36. The van der Waals surface area contributed by atoms with Crippen LogP contribution < -0.4 is 16.6 Å². The lowest BCUT2D eigenvalue weighted by atomic mass is 10.1. The number of benzene rings is 2. The summed E-state index contributed by atoms with van der Waals surface area (Å²) in [4.78, 5) is 4.54. The van der Waals surface area contributed by atoms with Gasteiger partial charge in [-0.1, -0.05) is 41.7 Å². The molecule has 1 aromatic heterocycles. The molecule has 0 atom stereocenters. The molecular weight excluding hydrogens is 264 g/mol. The number of thiazole rings is 1. The third-order valence-corrected chi connectivity index (χ3v) is 3.61. The first-order chi connectivity index (χ1) is 8.74. The van der Waals surface area contributed by atoms with Crippen LogP contribution in [0.5, 0.6) is 0 Å². The maximum absolute atomic E-state index is 5.36. The number of rotatable bonds is 2. The highest BCUT2D eigenvalue weighted by molar-refractivity contribution is 7.80. The molecule has 1 heterocycles. The molecule has 0 radical (unpaired) electrons. The molecule has 0 aliphatic rings. The zero-order chi connectivity index (χ0) is 12.5. The number of thiocarbonyl (C=S) groups is 1. The quantitative estimate of drug-likeness (QED) is 0.495. The summed E-state index contributed by atoms with van der Waals surface area (Å²) in [6, 6.07) is 12.4. The van der Waals surface area contributed by atoms with E-state index in [0.29, 0.717) is 0 Å². The van der Waals surface area contributed by atoms with E-state index in [-0.39, 0.29) is 5.11 Å². The normalized spacial score (nSPS) is 10.7. The molecule has 4 N–H and O–H groups in total. The summed E-state index contributed by atoms with van der Waals surface area (Å²) >= 11 is 6.29. The molecule has 0 bridgehead atoms. The molecular formula is C12H10N4S2. The molecule has 18 heavy (non-hydrogen) atoms. The molecule has 90 valence electrons. The van der Waals surface area contributed by atoms with Gasteiger partial charge < -0.3 is 5.73 Å². The number of anilines is 1. The van der Waals surface area contributed by atoms with Gasteiger partial charge in [0, 0.05) is 5.39 Å². The van der Waals surface area contributed by atoms with E-state index >= 15 is 0 Å². The van der Waals surface area contributed by atoms with Crippen molar-refractivity contribution in [2.75, 3.05) is 5.43 Å². The van der Waals surface area contributed by atoms with Crippen LogP contribution in [0.4, 0.5) is 5.13 Å². The average Bonchev–Trinajstić information content (AvgIpc) is 2.79. The molecule has 0 aliphatic carbocycles. The van der Waals surface area contributed by atoms with Gasteiger partial charge >= 0.3 is 0 Å². The van der Waals surface area contributed by atoms with Crippen molar-refractivity contribution in [1.82, 2.24) is 10.4 Å². The second-order valence-corrected chi connectivity index (χ2v) is 5.24.